The topological polar surface area (TPSA) is 50.4 Å². The number of benzene rings is 1. The van der Waals surface area contributed by atoms with Gasteiger partial charge in [-0.3, -0.25) is 4.79 Å². The molecule has 1 fully saturated rings. The summed E-state index contributed by atoms with van der Waals surface area (Å²) in [6, 6.07) is 7.39. The molecular formula is C13H18Cl2N2O2. The van der Waals surface area contributed by atoms with E-state index in [9.17, 15) is 4.79 Å². The first-order valence-electron chi connectivity index (χ1n) is 6.12. The molecule has 0 radical (unpaired) electrons. The number of halogens is 2. The van der Waals surface area contributed by atoms with Gasteiger partial charge in [-0.15, -0.1) is 12.4 Å². The zero-order chi connectivity index (χ0) is 12.8. The minimum absolute atomic E-state index is 0. The van der Waals surface area contributed by atoms with Crippen LogP contribution in [0.3, 0.4) is 0 Å². The molecule has 0 aliphatic carbocycles. The minimum Gasteiger partial charge on any atom is -0.493 e. The summed E-state index contributed by atoms with van der Waals surface area (Å²) in [6.45, 7) is 2.23. The molecule has 1 unspecified atom stereocenters. The van der Waals surface area contributed by atoms with E-state index in [4.69, 9.17) is 16.3 Å². The number of carbonyl (C=O) groups excluding carboxylic acids is 1. The summed E-state index contributed by atoms with van der Waals surface area (Å²) in [5, 5.41) is 6.85. The Hall–Kier alpha value is -0.970. The molecule has 1 saturated heterocycles. The zero-order valence-electron chi connectivity index (χ0n) is 10.5. The average molecular weight is 305 g/mol. The Labute approximate surface area is 124 Å². The van der Waals surface area contributed by atoms with Crippen molar-refractivity contribution in [2.75, 3.05) is 19.7 Å². The van der Waals surface area contributed by atoms with Crippen molar-refractivity contribution in [3.8, 4) is 5.75 Å². The van der Waals surface area contributed by atoms with Crippen molar-refractivity contribution in [2.24, 2.45) is 0 Å². The number of carbonyl (C=O) groups is 1. The van der Waals surface area contributed by atoms with Crippen molar-refractivity contribution >= 4 is 29.9 Å². The van der Waals surface area contributed by atoms with E-state index in [1.165, 1.54) is 0 Å². The molecule has 2 N–H and O–H groups in total. The van der Waals surface area contributed by atoms with Crippen molar-refractivity contribution in [2.45, 2.75) is 18.9 Å². The number of rotatable bonds is 5. The van der Waals surface area contributed by atoms with E-state index in [0.29, 0.717) is 18.1 Å². The number of amides is 1. The smallest absolute Gasteiger partial charge is 0.223 e. The molecule has 0 saturated carbocycles. The van der Waals surface area contributed by atoms with Crippen LogP contribution in [-0.2, 0) is 4.79 Å². The van der Waals surface area contributed by atoms with Gasteiger partial charge in [0.1, 0.15) is 5.75 Å². The zero-order valence-corrected chi connectivity index (χ0v) is 12.1. The van der Waals surface area contributed by atoms with Gasteiger partial charge in [0, 0.05) is 17.6 Å². The second-order valence-corrected chi connectivity index (χ2v) is 4.75. The van der Waals surface area contributed by atoms with Gasteiger partial charge < -0.3 is 15.4 Å². The van der Waals surface area contributed by atoms with Gasteiger partial charge in [0.15, 0.2) is 0 Å². The fourth-order valence-corrected chi connectivity index (χ4v) is 2.00. The maximum atomic E-state index is 11.6. The summed E-state index contributed by atoms with van der Waals surface area (Å²) in [4.78, 5) is 11.6. The van der Waals surface area contributed by atoms with E-state index in [0.717, 1.165) is 25.3 Å². The molecular weight excluding hydrogens is 287 g/mol. The molecule has 1 heterocycles. The van der Waals surface area contributed by atoms with Gasteiger partial charge in [-0.1, -0.05) is 11.6 Å². The summed E-state index contributed by atoms with van der Waals surface area (Å²) >= 11 is 5.77. The summed E-state index contributed by atoms with van der Waals surface area (Å²) in [6.07, 6.45) is 1.38. The third-order valence-electron chi connectivity index (χ3n) is 2.84. The van der Waals surface area contributed by atoms with E-state index in [2.05, 4.69) is 10.6 Å². The minimum atomic E-state index is 0. The fourth-order valence-electron chi connectivity index (χ4n) is 1.87. The van der Waals surface area contributed by atoms with Gasteiger partial charge in [0.25, 0.3) is 0 Å². The van der Waals surface area contributed by atoms with Gasteiger partial charge in [0.05, 0.1) is 13.0 Å². The van der Waals surface area contributed by atoms with Gasteiger partial charge >= 0.3 is 0 Å². The third-order valence-corrected chi connectivity index (χ3v) is 3.09. The molecule has 1 aliphatic heterocycles. The highest BCUT2D eigenvalue weighted by Crippen LogP contribution is 2.15. The molecule has 1 aromatic carbocycles. The maximum Gasteiger partial charge on any atom is 0.223 e. The highest BCUT2D eigenvalue weighted by Gasteiger charge is 2.16. The number of nitrogens with one attached hydrogen (secondary N) is 2. The molecule has 1 amide bonds. The Bertz CT molecular complexity index is 392. The van der Waals surface area contributed by atoms with E-state index >= 15 is 0 Å². The SMILES string of the molecule is Cl.O=C(CCOc1ccc(Cl)cc1)NC1CCNC1. The Morgan fingerprint density at radius 1 is 1.42 bits per heavy atom. The monoisotopic (exact) mass is 304 g/mol. The standard InChI is InChI=1S/C13H17ClN2O2.ClH/c14-10-1-3-12(4-2-10)18-8-6-13(17)16-11-5-7-15-9-11;/h1-4,11,15H,5-9H2,(H,16,17);1H. The van der Waals surface area contributed by atoms with Crippen molar-refractivity contribution in [3.05, 3.63) is 29.3 Å². The molecule has 0 aromatic heterocycles. The van der Waals surface area contributed by atoms with Crippen LogP contribution >= 0.6 is 24.0 Å². The van der Waals surface area contributed by atoms with Crippen molar-refractivity contribution in [3.63, 3.8) is 0 Å². The lowest BCUT2D eigenvalue weighted by molar-refractivity contribution is -0.122. The van der Waals surface area contributed by atoms with Crippen molar-refractivity contribution in [1.29, 1.82) is 0 Å². The van der Waals surface area contributed by atoms with Crippen LogP contribution in [0.15, 0.2) is 24.3 Å². The molecule has 19 heavy (non-hydrogen) atoms. The first kappa shape index (κ1) is 16.1. The number of hydrogen-bond donors (Lipinski definition) is 2. The predicted molar refractivity (Wildman–Crippen MR) is 78.2 cm³/mol. The van der Waals surface area contributed by atoms with Gasteiger partial charge in [-0.25, -0.2) is 0 Å². The fraction of sp³-hybridized carbons (Fsp3) is 0.462. The normalized spacial score (nSPS) is 17.6. The second-order valence-electron chi connectivity index (χ2n) is 4.31. The number of ether oxygens (including phenoxy) is 1. The Morgan fingerprint density at radius 2 is 2.16 bits per heavy atom. The molecule has 2 rings (SSSR count). The predicted octanol–water partition coefficient (Wildman–Crippen LogP) is 2.01. The quantitative estimate of drug-likeness (QED) is 0.875. The van der Waals surface area contributed by atoms with Crippen LogP contribution in [0, 0.1) is 0 Å². The lowest BCUT2D eigenvalue weighted by Crippen LogP contribution is -2.36. The first-order chi connectivity index (χ1) is 8.74. The van der Waals surface area contributed by atoms with Gasteiger partial charge in [-0.05, 0) is 37.2 Å². The Balaban J connectivity index is 0.00000180. The molecule has 0 bridgehead atoms. The largest absolute Gasteiger partial charge is 0.493 e. The van der Waals surface area contributed by atoms with Crippen LogP contribution in [0.5, 0.6) is 5.75 Å². The number of hydrogen-bond acceptors (Lipinski definition) is 3. The lowest BCUT2D eigenvalue weighted by Gasteiger charge is -2.11. The van der Waals surface area contributed by atoms with Crippen LogP contribution < -0.4 is 15.4 Å². The van der Waals surface area contributed by atoms with E-state index in [-0.39, 0.29) is 24.4 Å². The lowest BCUT2D eigenvalue weighted by atomic mass is 10.2. The van der Waals surface area contributed by atoms with Crippen LogP contribution in [0.25, 0.3) is 0 Å². The van der Waals surface area contributed by atoms with E-state index < -0.39 is 0 Å². The van der Waals surface area contributed by atoms with E-state index in [1.807, 2.05) is 0 Å². The average Bonchev–Trinajstić information content (AvgIpc) is 2.84. The van der Waals surface area contributed by atoms with Gasteiger partial charge in [0.2, 0.25) is 5.91 Å². The highest BCUT2D eigenvalue weighted by molar-refractivity contribution is 6.30. The van der Waals surface area contributed by atoms with Crippen molar-refractivity contribution < 1.29 is 9.53 Å². The molecule has 6 heteroatoms. The summed E-state index contributed by atoms with van der Waals surface area (Å²) < 4.78 is 5.46. The first-order valence-corrected chi connectivity index (χ1v) is 6.50. The summed E-state index contributed by atoms with van der Waals surface area (Å²) in [5.41, 5.74) is 0. The maximum absolute atomic E-state index is 11.6. The summed E-state index contributed by atoms with van der Waals surface area (Å²) in [5.74, 6) is 0.771. The Kier molecular flexibility index (Phi) is 6.99. The van der Waals surface area contributed by atoms with Crippen LogP contribution in [-0.4, -0.2) is 31.6 Å². The molecule has 1 aromatic rings. The highest BCUT2D eigenvalue weighted by atomic mass is 35.5. The second kappa shape index (κ2) is 8.25. The molecule has 1 aliphatic rings. The summed E-state index contributed by atoms with van der Waals surface area (Å²) in [7, 11) is 0. The van der Waals surface area contributed by atoms with E-state index in [1.54, 1.807) is 24.3 Å². The molecule has 0 spiro atoms. The van der Waals surface area contributed by atoms with Crippen LogP contribution in [0.1, 0.15) is 12.8 Å². The molecule has 4 nitrogen and oxygen atoms in total. The molecule has 1 atom stereocenters. The van der Waals surface area contributed by atoms with Gasteiger partial charge in [-0.2, -0.15) is 0 Å². The molecule has 106 valence electrons. The van der Waals surface area contributed by atoms with Crippen molar-refractivity contribution in [1.82, 2.24) is 10.6 Å². The Morgan fingerprint density at radius 3 is 2.79 bits per heavy atom. The third kappa shape index (κ3) is 5.68. The van der Waals surface area contributed by atoms with Crippen LogP contribution in [0.2, 0.25) is 5.02 Å². The van der Waals surface area contributed by atoms with Crippen LogP contribution in [0.4, 0.5) is 0 Å².